The molecule has 2 aromatic carbocycles. The second-order valence-corrected chi connectivity index (χ2v) is 8.01. The highest BCUT2D eigenvalue weighted by molar-refractivity contribution is 5.91. The van der Waals surface area contributed by atoms with E-state index in [9.17, 15) is 24.3 Å². The lowest BCUT2D eigenvalue weighted by Crippen LogP contribution is -2.37. The molecule has 0 unspecified atom stereocenters. The molecule has 8 heteroatoms. The van der Waals surface area contributed by atoms with E-state index in [1.165, 1.54) is 38.5 Å². The number of aliphatic carboxylic acids is 2. The number of esters is 2. The van der Waals surface area contributed by atoms with Crippen LogP contribution < -0.4 is 0 Å². The van der Waals surface area contributed by atoms with Gasteiger partial charge in [0, 0.05) is 6.42 Å². The fraction of sp³-hybridized carbons (Fsp3) is 0.385. The number of rotatable bonds is 13. The number of hydrogen-bond donors (Lipinski definition) is 2. The first-order chi connectivity index (χ1) is 16.3. The maximum Gasteiger partial charge on any atom is 0.337 e. The predicted molar refractivity (Wildman–Crippen MR) is 124 cm³/mol. The third-order valence-corrected chi connectivity index (χ3v) is 5.91. The summed E-state index contributed by atoms with van der Waals surface area (Å²) in [6.07, 6.45) is 3.89. The van der Waals surface area contributed by atoms with Crippen molar-refractivity contribution in [1.29, 1.82) is 0 Å². The van der Waals surface area contributed by atoms with Gasteiger partial charge in [0.1, 0.15) is 5.41 Å². The van der Waals surface area contributed by atoms with E-state index in [-0.39, 0.29) is 12.8 Å². The number of ether oxygens (including phenoxy) is 2. The van der Waals surface area contributed by atoms with Gasteiger partial charge in [-0.05, 0) is 48.2 Å². The van der Waals surface area contributed by atoms with Crippen molar-refractivity contribution in [2.45, 2.75) is 50.4 Å². The van der Waals surface area contributed by atoms with E-state index in [1.807, 2.05) is 0 Å². The van der Waals surface area contributed by atoms with Crippen LogP contribution in [0, 0.1) is 0 Å². The molecule has 0 aliphatic heterocycles. The first-order valence-corrected chi connectivity index (χ1v) is 11.1. The second-order valence-electron chi connectivity index (χ2n) is 8.01. The van der Waals surface area contributed by atoms with Gasteiger partial charge < -0.3 is 19.7 Å². The summed E-state index contributed by atoms with van der Waals surface area (Å²) in [5.41, 5.74) is 0.230. The smallest absolute Gasteiger partial charge is 0.337 e. The Morgan fingerprint density at radius 2 is 1.09 bits per heavy atom. The van der Waals surface area contributed by atoms with Crippen LogP contribution >= 0.6 is 0 Å². The number of methoxy groups -OCH3 is 2. The summed E-state index contributed by atoms with van der Waals surface area (Å²) in [7, 11) is 2.55. The van der Waals surface area contributed by atoms with Gasteiger partial charge in [0.15, 0.2) is 0 Å². The van der Waals surface area contributed by atoms with Gasteiger partial charge in [-0.2, -0.15) is 0 Å². The molecule has 2 aromatic rings. The van der Waals surface area contributed by atoms with Crippen LogP contribution in [-0.2, 0) is 24.5 Å². The van der Waals surface area contributed by atoms with E-state index < -0.39 is 29.3 Å². The molecule has 0 aliphatic carbocycles. The lowest BCUT2D eigenvalue weighted by Gasteiger charge is -2.31. The van der Waals surface area contributed by atoms with E-state index >= 15 is 0 Å². The summed E-state index contributed by atoms with van der Waals surface area (Å²) in [6, 6.07) is 12.6. The summed E-state index contributed by atoms with van der Waals surface area (Å²) >= 11 is 0. The highest BCUT2D eigenvalue weighted by Gasteiger charge is 2.42. The average molecular weight is 471 g/mol. The van der Waals surface area contributed by atoms with E-state index in [0.717, 1.165) is 19.3 Å². The monoisotopic (exact) mass is 470 g/mol. The number of hydrogen-bond acceptors (Lipinski definition) is 6. The van der Waals surface area contributed by atoms with Crippen LogP contribution in [0.1, 0.15) is 76.8 Å². The van der Waals surface area contributed by atoms with Crippen LogP contribution in [0.5, 0.6) is 0 Å². The molecule has 0 bridgehead atoms. The number of unbranched alkanes of at least 4 members (excludes halogenated alkanes) is 4. The molecule has 0 aromatic heterocycles. The van der Waals surface area contributed by atoms with Crippen molar-refractivity contribution in [3.05, 3.63) is 70.8 Å². The van der Waals surface area contributed by atoms with Crippen LogP contribution in [0.3, 0.4) is 0 Å². The van der Waals surface area contributed by atoms with Crippen LogP contribution in [0.2, 0.25) is 0 Å². The van der Waals surface area contributed by atoms with E-state index in [1.54, 1.807) is 24.3 Å². The van der Waals surface area contributed by atoms with Crippen molar-refractivity contribution >= 4 is 23.9 Å². The first-order valence-electron chi connectivity index (χ1n) is 11.1. The second kappa shape index (κ2) is 12.5. The molecule has 0 radical (unpaired) electrons. The molecule has 0 saturated heterocycles. The van der Waals surface area contributed by atoms with Crippen LogP contribution in [0.15, 0.2) is 48.5 Å². The highest BCUT2D eigenvalue weighted by Crippen LogP contribution is 2.38. The van der Waals surface area contributed by atoms with E-state index in [2.05, 4.69) is 0 Å². The molecule has 0 fully saturated rings. The predicted octanol–water partition coefficient (Wildman–Crippen LogP) is 4.45. The molecule has 0 amide bonds. The number of carbonyl (C=O) groups is 4. The zero-order chi connectivity index (χ0) is 25.1. The van der Waals surface area contributed by atoms with Crippen LogP contribution in [0.4, 0.5) is 0 Å². The minimum Gasteiger partial charge on any atom is -0.481 e. The van der Waals surface area contributed by atoms with Crippen molar-refractivity contribution in [2.75, 3.05) is 14.2 Å². The minimum atomic E-state index is -1.40. The Morgan fingerprint density at radius 1 is 0.676 bits per heavy atom. The standard InChI is InChI=1S/C26H30O8/c1-33-23(29)18-9-13-20(14-10-18)26(25(31)32,17-7-5-3-4-6-8-22(27)28)21-15-11-19(12-16-21)24(30)34-2/h9-16H,3-8,17H2,1-2H3,(H,27,28)(H,31,32). The number of carbonyl (C=O) groups excluding carboxylic acids is 2. The van der Waals surface area contributed by atoms with Crippen LogP contribution in [-0.4, -0.2) is 48.3 Å². The van der Waals surface area contributed by atoms with Gasteiger partial charge in [-0.1, -0.05) is 49.9 Å². The zero-order valence-corrected chi connectivity index (χ0v) is 19.4. The quantitative estimate of drug-likeness (QED) is 0.325. The zero-order valence-electron chi connectivity index (χ0n) is 19.4. The Bertz CT molecular complexity index is 933. The molecule has 0 saturated carbocycles. The molecule has 0 aliphatic rings. The van der Waals surface area contributed by atoms with Gasteiger partial charge >= 0.3 is 23.9 Å². The molecule has 0 spiro atoms. The fourth-order valence-corrected chi connectivity index (χ4v) is 4.02. The van der Waals surface area contributed by atoms with Crippen molar-refractivity contribution in [3.63, 3.8) is 0 Å². The minimum absolute atomic E-state index is 0.123. The van der Waals surface area contributed by atoms with Crippen LogP contribution in [0.25, 0.3) is 0 Å². The van der Waals surface area contributed by atoms with Gasteiger partial charge in [-0.15, -0.1) is 0 Å². The van der Waals surface area contributed by atoms with Gasteiger partial charge in [0.25, 0.3) is 0 Å². The SMILES string of the molecule is COC(=O)c1ccc(C(CCCCCCCC(=O)O)(C(=O)O)c2ccc(C(=O)OC)cc2)cc1. The number of carboxylic acids is 2. The highest BCUT2D eigenvalue weighted by atomic mass is 16.5. The molecule has 34 heavy (non-hydrogen) atoms. The molecular formula is C26H30O8. The summed E-state index contributed by atoms with van der Waals surface area (Å²) in [4.78, 5) is 47.1. The van der Waals surface area contributed by atoms with Crippen molar-refractivity contribution in [3.8, 4) is 0 Å². The maximum absolute atomic E-state index is 12.8. The summed E-state index contributed by atoms with van der Waals surface area (Å²) in [6.45, 7) is 0. The largest absolute Gasteiger partial charge is 0.481 e. The summed E-state index contributed by atoms with van der Waals surface area (Å²) < 4.78 is 9.46. The first kappa shape index (κ1) is 26.6. The Kier molecular flexibility index (Phi) is 9.79. The Balaban J connectivity index is 2.35. The number of benzene rings is 2. The van der Waals surface area contributed by atoms with E-state index in [0.29, 0.717) is 35.1 Å². The van der Waals surface area contributed by atoms with Gasteiger partial charge in [-0.3, -0.25) is 9.59 Å². The summed E-state index contributed by atoms with van der Waals surface area (Å²) in [5.74, 6) is -2.90. The van der Waals surface area contributed by atoms with Gasteiger partial charge in [-0.25, -0.2) is 9.59 Å². The Morgan fingerprint density at radius 3 is 1.47 bits per heavy atom. The molecule has 0 atom stereocenters. The lowest BCUT2D eigenvalue weighted by molar-refractivity contribution is -0.142. The summed E-state index contributed by atoms with van der Waals surface area (Å²) in [5, 5.41) is 19.2. The fourth-order valence-electron chi connectivity index (χ4n) is 4.02. The average Bonchev–Trinajstić information content (AvgIpc) is 2.84. The molecule has 8 nitrogen and oxygen atoms in total. The maximum atomic E-state index is 12.8. The molecular weight excluding hydrogens is 440 g/mol. The van der Waals surface area contributed by atoms with Crippen molar-refractivity contribution in [1.82, 2.24) is 0 Å². The van der Waals surface area contributed by atoms with Crippen molar-refractivity contribution in [2.24, 2.45) is 0 Å². The van der Waals surface area contributed by atoms with Crippen molar-refractivity contribution < 1.29 is 38.9 Å². The molecule has 0 heterocycles. The Hall–Kier alpha value is -3.68. The van der Waals surface area contributed by atoms with Gasteiger partial charge in [0.2, 0.25) is 0 Å². The van der Waals surface area contributed by atoms with E-state index in [4.69, 9.17) is 14.6 Å². The normalized spacial score (nSPS) is 11.0. The van der Waals surface area contributed by atoms with Gasteiger partial charge in [0.05, 0.1) is 25.3 Å². The molecule has 2 rings (SSSR count). The topological polar surface area (TPSA) is 127 Å². The third-order valence-electron chi connectivity index (χ3n) is 5.91. The third kappa shape index (κ3) is 6.43. The number of carboxylic acid groups (broad SMARTS) is 2. The molecule has 2 N–H and O–H groups in total. The molecule has 182 valence electrons. The lowest BCUT2D eigenvalue weighted by atomic mass is 9.70. The Labute approximate surface area is 198 Å².